The van der Waals surface area contributed by atoms with Crippen molar-refractivity contribution in [2.45, 2.75) is 0 Å². The van der Waals surface area contributed by atoms with Gasteiger partial charge in [0.05, 0.1) is 10.2 Å². The van der Waals surface area contributed by atoms with E-state index in [0.29, 0.717) is 22.0 Å². The average molecular weight is 331 g/mol. The zero-order valence-electron chi connectivity index (χ0n) is 11.0. The number of nitrogens with two attached hydrogens (primary N) is 1. The molecule has 0 fully saturated rings. The first-order chi connectivity index (χ1) is 10.6. The van der Waals surface area contributed by atoms with Crippen LogP contribution in [0.4, 0.5) is 10.2 Å². The molecule has 108 valence electrons. The molecule has 0 aliphatic rings. The average Bonchev–Trinajstić information content (AvgIpc) is 2.87. The Labute approximate surface area is 133 Å². The molecule has 0 radical (unpaired) electrons. The number of aromatic nitrogens is 3. The summed E-state index contributed by atoms with van der Waals surface area (Å²) in [5, 5.41) is 1.19. The van der Waals surface area contributed by atoms with Gasteiger partial charge in [-0.3, -0.25) is 0 Å². The maximum absolute atomic E-state index is 14.1. The highest BCUT2D eigenvalue weighted by Gasteiger charge is 2.13. The molecule has 0 aliphatic carbocycles. The third-order valence-electron chi connectivity index (χ3n) is 3.38. The summed E-state index contributed by atoms with van der Waals surface area (Å²) in [6.07, 6.45) is 3.05. The molecule has 3 heterocycles. The molecule has 0 aliphatic heterocycles. The molecular formula is C15H8ClFN4S. The van der Waals surface area contributed by atoms with Gasteiger partial charge < -0.3 is 5.73 Å². The van der Waals surface area contributed by atoms with Crippen LogP contribution in [0.3, 0.4) is 0 Å². The van der Waals surface area contributed by atoms with Gasteiger partial charge in [-0.25, -0.2) is 19.3 Å². The number of halogens is 2. The normalized spacial score (nSPS) is 11.4. The van der Waals surface area contributed by atoms with Crippen LogP contribution in [-0.4, -0.2) is 15.0 Å². The fraction of sp³-hybridized carbons (Fsp3) is 0. The predicted octanol–water partition coefficient (Wildman–Crippen LogP) is 4.28. The lowest BCUT2D eigenvalue weighted by molar-refractivity contribution is 0.631. The first kappa shape index (κ1) is 13.4. The monoisotopic (exact) mass is 330 g/mol. The molecule has 0 atom stereocenters. The third kappa shape index (κ3) is 2.00. The van der Waals surface area contributed by atoms with Crippen molar-refractivity contribution in [3.8, 4) is 11.1 Å². The second-order valence-corrected chi connectivity index (χ2v) is 6.18. The topological polar surface area (TPSA) is 64.7 Å². The molecule has 2 N–H and O–H groups in total. The number of hydrogen-bond acceptors (Lipinski definition) is 5. The van der Waals surface area contributed by atoms with E-state index in [-0.39, 0.29) is 5.82 Å². The van der Waals surface area contributed by atoms with Crippen LogP contribution in [0.1, 0.15) is 0 Å². The fourth-order valence-corrected chi connectivity index (χ4v) is 3.49. The van der Waals surface area contributed by atoms with Crippen LogP contribution in [0.5, 0.6) is 0 Å². The number of benzene rings is 1. The number of fused-ring (bicyclic) bond motifs is 3. The van der Waals surface area contributed by atoms with E-state index in [1.807, 2.05) is 6.07 Å². The van der Waals surface area contributed by atoms with E-state index in [2.05, 4.69) is 15.0 Å². The first-order valence-electron chi connectivity index (χ1n) is 6.37. The lowest BCUT2D eigenvalue weighted by Gasteiger charge is -2.03. The van der Waals surface area contributed by atoms with Crippen molar-refractivity contribution in [3.05, 3.63) is 47.6 Å². The summed E-state index contributed by atoms with van der Waals surface area (Å²) >= 11 is 7.22. The summed E-state index contributed by atoms with van der Waals surface area (Å²) in [6, 6.07) is 6.43. The molecule has 22 heavy (non-hydrogen) atoms. The Morgan fingerprint density at radius 2 is 2.00 bits per heavy atom. The van der Waals surface area contributed by atoms with Gasteiger partial charge in [-0.05, 0) is 24.3 Å². The van der Waals surface area contributed by atoms with Gasteiger partial charge in [0, 0.05) is 27.7 Å². The fourth-order valence-electron chi connectivity index (χ4n) is 2.35. The highest BCUT2D eigenvalue weighted by atomic mass is 35.5. The zero-order valence-corrected chi connectivity index (χ0v) is 12.6. The van der Waals surface area contributed by atoms with Gasteiger partial charge in [-0.15, -0.1) is 11.3 Å². The van der Waals surface area contributed by atoms with Crippen LogP contribution in [0.15, 0.2) is 36.8 Å². The molecule has 0 unspecified atom stereocenters. The first-order valence-corrected chi connectivity index (χ1v) is 7.57. The van der Waals surface area contributed by atoms with E-state index in [1.165, 1.54) is 23.7 Å². The SMILES string of the molecule is Nc1ncnc2c1sc1ncc(-c3ccc(Cl)cc3F)cc12. The smallest absolute Gasteiger partial charge is 0.144 e. The summed E-state index contributed by atoms with van der Waals surface area (Å²) < 4.78 is 14.9. The highest BCUT2D eigenvalue weighted by Crippen LogP contribution is 2.36. The van der Waals surface area contributed by atoms with Crippen molar-refractivity contribution >= 4 is 49.2 Å². The second-order valence-electron chi connectivity index (χ2n) is 4.74. The molecule has 0 bridgehead atoms. The van der Waals surface area contributed by atoms with Crippen molar-refractivity contribution in [1.82, 2.24) is 15.0 Å². The van der Waals surface area contributed by atoms with Crippen LogP contribution >= 0.6 is 22.9 Å². The maximum atomic E-state index is 14.1. The maximum Gasteiger partial charge on any atom is 0.144 e. The molecular weight excluding hydrogens is 323 g/mol. The van der Waals surface area contributed by atoms with E-state index in [4.69, 9.17) is 17.3 Å². The molecule has 0 saturated heterocycles. The number of nitrogen functional groups attached to an aromatic ring is 1. The summed E-state index contributed by atoms with van der Waals surface area (Å²) in [4.78, 5) is 13.4. The molecule has 4 aromatic rings. The molecule has 0 spiro atoms. The molecule has 4 rings (SSSR count). The van der Waals surface area contributed by atoms with Crippen LogP contribution in [0.2, 0.25) is 5.02 Å². The van der Waals surface area contributed by atoms with E-state index in [9.17, 15) is 4.39 Å². The molecule has 4 nitrogen and oxygen atoms in total. The van der Waals surface area contributed by atoms with Crippen LogP contribution in [-0.2, 0) is 0 Å². The van der Waals surface area contributed by atoms with Crippen molar-refractivity contribution in [1.29, 1.82) is 0 Å². The minimum absolute atomic E-state index is 0.358. The summed E-state index contributed by atoms with van der Waals surface area (Å²) in [7, 11) is 0. The van der Waals surface area contributed by atoms with E-state index in [0.717, 1.165) is 20.4 Å². The zero-order chi connectivity index (χ0) is 15.3. The predicted molar refractivity (Wildman–Crippen MR) is 87.5 cm³/mol. The Balaban J connectivity index is 2.00. The van der Waals surface area contributed by atoms with Crippen molar-refractivity contribution in [3.63, 3.8) is 0 Å². The number of thiophene rings is 1. The largest absolute Gasteiger partial charge is 0.382 e. The molecule has 0 saturated carbocycles. The minimum Gasteiger partial charge on any atom is -0.382 e. The molecule has 1 aromatic carbocycles. The van der Waals surface area contributed by atoms with Crippen LogP contribution in [0, 0.1) is 5.82 Å². The van der Waals surface area contributed by atoms with Crippen molar-refractivity contribution in [2.24, 2.45) is 0 Å². The van der Waals surface area contributed by atoms with Gasteiger partial charge >= 0.3 is 0 Å². The van der Waals surface area contributed by atoms with Gasteiger partial charge in [0.15, 0.2) is 0 Å². The van der Waals surface area contributed by atoms with Gasteiger partial charge in [0.2, 0.25) is 0 Å². The second kappa shape index (κ2) is 4.86. The Morgan fingerprint density at radius 1 is 1.14 bits per heavy atom. The van der Waals surface area contributed by atoms with Gasteiger partial charge in [-0.1, -0.05) is 11.6 Å². The highest BCUT2D eigenvalue weighted by molar-refractivity contribution is 7.25. The summed E-state index contributed by atoms with van der Waals surface area (Å²) in [5.41, 5.74) is 7.71. The lowest BCUT2D eigenvalue weighted by atomic mass is 10.1. The summed E-state index contributed by atoms with van der Waals surface area (Å²) in [6.45, 7) is 0. The standard InChI is InChI=1S/C15H8ClFN4S/c16-8-1-2-9(11(17)4-8)7-3-10-12-13(14(18)21-6-20-12)22-15(10)19-5-7/h1-6H,(H2,18,20,21). The quantitative estimate of drug-likeness (QED) is 0.565. The van der Waals surface area contributed by atoms with E-state index >= 15 is 0 Å². The third-order valence-corrected chi connectivity index (χ3v) is 4.74. The van der Waals surface area contributed by atoms with E-state index in [1.54, 1.807) is 18.3 Å². The Morgan fingerprint density at radius 3 is 2.82 bits per heavy atom. The van der Waals surface area contributed by atoms with Crippen molar-refractivity contribution < 1.29 is 4.39 Å². The number of hydrogen-bond donors (Lipinski definition) is 1. The Bertz CT molecular complexity index is 1030. The molecule has 7 heteroatoms. The van der Waals surface area contributed by atoms with E-state index < -0.39 is 0 Å². The lowest BCUT2D eigenvalue weighted by Crippen LogP contribution is -1.90. The number of anilines is 1. The number of rotatable bonds is 1. The van der Waals surface area contributed by atoms with Gasteiger partial charge in [0.25, 0.3) is 0 Å². The van der Waals surface area contributed by atoms with Crippen molar-refractivity contribution in [2.75, 3.05) is 5.73 Å². The minimum atomic E-state index is -0.387. The molecule has 3 aromatic heterocycles. The number of pyridine rings is 1. The van der Waals surface area contributed by atoms with Gasteiger partial charge in [0.1, 0.15) is 22.8 Å². The molecule has 0 amide bonds. The number of nitrogens with zero attached hydrogens (tertiary/aromatic N) is 3. The summed E-state index contributed by atoms with van der Waals surface area (Å²) in [5.74, 6) is 0.0366. The Kier molecular flexibility index (Phi) is 2.95. The Hall–Kier alpha value is -2.31. The van der Waals surface area contributed by atoms with Crippen LogP contribution < -0.4 is 5.73 Å². The van der Waals surface area contributed by atoms with Gasteiger partial charge in [-0.2, -0.15) is 0 Å². The van der Waals surface area contributed by atoms with Crippen LogP contribution in [0.25, 0.3) is 31.6 Å².